The smallest absolute Gasteiger partial charge is 0.266 e. The molecule has 2 saturated heterocycles. The Morgan fingerprint density at radius 1 is 1.12 bits per heavy atom. The molecule has 7 heteroatoms. The number of aromatic nitrogens is 1. The molecule has 2 fully saturated rings. The van der Waals surface area contributed by atoms with Gasteiger partial charge in [-0.15, -0.1) is 0 Å². The summed E-state index contributed by atoms with van der Waals surface area (Å²) in [6.45, 7) is 5.46. The third-order valence-corrected chi connectivity index (χ3v) is 7.09. The molecule has 1 amide bonds. The number of thiocarbonyl (C=S) groups is 1. The Kier molecular flexibility index (Phi) is 5.95. The summed E-state index contributed by atoms with van der Waals surface area (Å²) in [5.41, 5.74) is 4.12. The molecule has 0 atom stereocenters. The Balaban J connectivity index is 1.53. The zero-order chi connectivity index (χ0) is 22.1. The minimum absolute atomic E-state index is 0.0545. The monoisotopic (exact) mass is 461 g/mol. The lowest BCUT2D eigenvalue weighted by molar-refractivity contribution is -0.122. The lowest BCUT2D eigenvalue weighted by atomic mass is 10.1. The van der Waals surface area contributed by atoms with Crippen molar-refractivity contribution in [2.75, 3.05) is 31.2 Å². The van der Waals surface area contributed by atoms with Crippen LogP contribution in [0.4, 0.5) is 5.82 Å². The van der Waals surface area contributed by atoms with Crippen molar-refractivity contribution in [1.29, 1.82) is 0 Å². The van der Waals surface area contributed by atoms with Crippen LogP contribution in [0.1, 0.15) is 16.7 Å². The molecule has 162 valence electrons. The first-order chi connectivity index (χ1) is 15.6. The molecule has 2 aliphatic heterocycles. The van der Waals surface area contributed by atoms with E-state index in [1.807, 2.05) is 42.5 Å². The van der Waals surface area contributed by atoms with Gasteiger partial charge in [-0.2, -0.15) is 0 Å². The quantitative estimate of drug-likeness (QED) is 0.412. The first kappa shape index (κ1) is 21.1. The number of nitrogens with zero attached hydrogens (tertiary/aromatic N) is 3. The molecule has 2 aliphatic rings. The van der Waals surface area contributed by atoms with Crippen LogP contribution >= 0.6 is 24.0 Å². The molecule has 1 aromatic heterocycles. The number of carbonyl (C=O) groups excluding carboxylic acids is 1. The summed E-state index contributed by atoms with van der Waals surface area (Å²) < 4.78 is 6.13. The molecule has 32 heavy (non-hydrogen) atoms. The van der Waals surface area contributed by atoms with E-state index in [1.165, 1.54) is 11.8 Å². The van der Waals surface area contributed by atoms with E-state index in [9.17, 15) is 4.79 Å². The van der Waals surface area contributed by atoms with E-state index in [0.717, 1.165) is 46.5 Å². The fourth-order valence-electron chi connectivity index (χ4n) is 4.03. The minimum Gasteiger partial charge on any atom is -0.378 e. The molecular weight excluding hydrogens is 438 g/mol. The largest absolute Gasteiger partial charge is 0.378 e. The van der Waals surface area contributed by atoms with Crippen molar-refractivity contribution in [3.05, 3.63) is 76.2 Å². The number of thioether (sulfide) groups is 1. The summed E-state index contributed by atoms with van der Waals surface area (Å²) in [6, 6.07) is 18.2. The number of fused-ring (bicyclic) bond motifs is 1. The number of carbonyl (C=O) groups is 1. The van der Waals surface area contributed by atoms with Crippen molar-refractivity contribution in [3.8, 4) is 0 Å². The summed E-state index contributed by atoms with van der Waals surface area (Å²) in [7, 11) is 0. The average molecular weight is 462 g/mol. The number of amides is 1. The number of para-hydroxylation sites is 1. The summed E-state index contributed by atoms with van der Waals surface area (Å²) in [5.74, 6) is 0.838. The van der Waals surface area contributed by atoms with Gasteiger partial charge in [0.15, 0.2) is 0 Å². The summed E-state index contributed by atoms with van der Waals surface area (Å²) in [5, 5.41) is 1.06. The Labute approximate surface area is 197 Å². The molecule has 5 rings (SSSR count). The van der Waals surface area contributed by atoms with Gasteiger partial charge in [-0.3, -0.25) is 9.69 Å². The molecule has 0 aliphatic carbocycles. The summed E-state index contributed by atoms with van der Waals surface area (Å²) >= 11 is 6.90. The van der Waals surface area contributed by atoms with Crippen molar-refractivity contribution in [1.82, 2.24) is 9.88 Å². The maximum Gasteiger partial charge on any atom is 0.266 e. The highest BCUT2D eigenvalue weighted by Gasteiger charge is 2.32. The number of pyridine rings is 1. The predicted octanol–water partition coefficient (Wildman–Crippen LogP) is 4.78. The van der Waals surface area contributed by atoms with Gasteiger partial charge in [0, 0.05) is 24.0 Å². The second-order valence-electron chi connectivity index (χ2n) is 7.90. The van der Waals surface area contributed by atoms with Gasteiger partial charge in [0.25, 0.3) is 5.91 Å². The van der Waals surface area contributed by atoms with E-state index in [1.54, 1.807) is 4.90 Å². The minimum atomic E-state index is -0.0545. The first-order valence-corrected chi connectivity index (χ1v) is 11.8. The molecule has 0 radical (unpaired) electrons. The van der Waals surface area contributed by atoms with Crippen LogP contribution in [-0.2, 0) is 16.1 Å². The average Bonchev–Trinajstić information content (AvgIpc) is 3.07. The van der Waals surface area contributed by atoms with Gasteiger partial charge < -0.3 is 9.64 Å². The third kappa shape index (κ3) is 4.16. The van der Waals surface area contributed by atoms with Gasteiger partial charge in [-0.25, -0.2) is 4.98 Å². The van der Waals surface area contributed by atoms with Gasteiger partial charge in [-0.1, -0.05) is 72.5 Å². The zero-order valence-corrected chi connectivity index (χ0v) is 19.4. The van der Waals surface area contributed by atoms with Gasteiger partial charge >= 0.3 is 0 Å². The zero-order valence-electron chi connectivity index (χ0n) is 17.8. The highest BCUT2D eigenvalue weighted by Crippen LogP contribution is 2.36. The molecule has 0 spiro atoms. The molecule has 2 aromatic carbocycles. The van der Waals surface area contributed by atoms with E-state index in [2.05, 4.69) is 30.0 Å². The Bertz CT molecular complexity index is 1220. The van der Waals surface area contributed by atoms with Gasteiger partial charge in [-0.05, 0) is 30.2 Å². The molecular formula is C25H23N3O2S2. The Morgan fingerprint density at radius 3 is 2.69 bits per heavy atom. The number of aryl methyl sites for hydroxylation is 1. The molecule has 3 aromatic rings. The second-order valence-corrected chi connectivity index (χ2v) is 9.58. The van der Waals surface area contributed by atoms with Gasteiger partial charge in [0.1, 0.15) is 10.1 Å². The van der Waals surface area contributed by atoms with E-state index in [0.29, 0.717) is 29.0 Å². The maximum atomic E-state index is 13.2. The van der Waals surface area contributed by atoms with Crippen LogP contribution in [0.15, 0.2) is 59.5 Å². The molecule has 5 nitrogen and oxygen atoms in total. The van der Waals surface area contributed by atoms with Crippen LogP contribution < -0.4 is 4.90 Å². The van der Waals surface area contributed by atoms with Crippen LogP contribution in [0.3, 0.4) is 0 Å². The topological polar surface area (TPSA) is 45.7 Å². The van der Waals surface area contributed by atoms with E-state index in [-0.39, 0.29) is 5.91 Å². The lowest BCUT2D eigenvalue weighted by Gasteiger charge is -2.29. The van der Waals surface area contributed by atoms with Crippen molar-refractivity contribution in [2.24, 2.45) is 0 Å². The highest BCUT2D eigenvalue weighted by molar-refractivity contribution is 8.26. The number of benzene rings is 2. The van der Waals surface area contributed by atoms with Gasteiger partial charge in [0.05, 0.1) is 30.2 Å². The van der Waals surface area contributed by atoms with Crippen molar-refractivity contribution in [2.45, 2.75) is 13.5 Å². The SMILES string of the molecule is Cc1cccc2cc(/C=C3\SC(=S)N(Cc4ccccc4)C3=O)c(N3CCOCC3)nc12. The van der Waals surface area contributed by atoms with Crippen molar-refractivity contribution < 1.29 is 9.53 Å². The number of morpholine rings is 1. The van der Waals surface area contributed by atoms with Crippen molar-refractivity contribution >= 4 is 57.0 Å². The van der Waals surface area contributed by atoms with Crippen LogP contribution in [-0.4, -0.2) is 46.4 Å². The number of anilines is 1. The van der Waals surface area contributed by atoms with Gasteiger partial charge in [0.2, 0.25) is 0 Å². The van der Waals surface area contributed by atoms with E-state index < -0.39 is 0 Å². The molecule has 0 saturated carbocycles. The molecule has 0 bridgehead atoms. The normalized spacial score (nSPS) is 18.2. The fraction of sp³-hybridized carbons (Fsp3) is 0.240. The van der Waals surface area contributed by atoms with Crippen LogP contribution in [0.25, 0.3) is 17.0 Å². The third-order valence-electron chi connectivity index (χ3n) is 5.71. The number of hydrogen-bond acceptors (Lipinski definition) is 6. The lowest BCUT2D eigenvalue weighted by Crippen LogP contribution is -2.37. The predicted molar refractivity (Wildman–Crippen MR) is 135 cm³/mol. The standard InChI is InChI=1S/C25H23N3O2S2/c1-17-6-5-9-19-14-20(23(26-22(17)19)27-10-12-30-13-11-27)15-21-24(29)28(25(31)32-21)16-18-7-3-2-4-8-18/h2-9,14-15H,10-13,16H2,1H3/b21-15-. The number of ether oxygens (including phenoxy) is 1. The summed E-state index contributed by atoms with van der Waals surface area (Å²) in [4.78, 5) is 22.8. The van der Waals surface area contributed by atoms with E-state index in [4.69, 9.17) is 21.9 Å². The van der Waals surface area contributed by atoms with Crippen molar-refractivity contribution in [3.63, 3.8) is 0 Å². The first-order valence-electron chi connectivity index (χ1n) is 10.6. The Hall–Kier alpha value is -2.74. The van der Waals surface area contributed by atoms with Crippen LogP contribution in [0.2, 0.25) is 0 Å². The fourth-order valence-corrected chi connectivity index (χ4v) is 5.28. The maximum absolute atomic E-state index is 13.2. The number of hydrogen-bond donors (Lipinski definition) is 0. The highest BCUT2D eigenvalue weighted by atomic mass is 32.2. The number of rotatable bonds is 4. The molecule has 3 heterocycles. The van der Waals surface area contributed by atoms with Crippen LogP contribution in [0, 0.1) is 6.92 Å². The second kappa shape index (κ2) is 9.02. The summed E-state index contributed by atoms with van der Waals surface area (Å²) in [6.07, 6.45) is 1.95. The molecule has 0 N–H and O–H groups in total. The van der Waals surface area contributed by atoms with Crippen LogP contribution in [0.5, 0.6) is 0 Å². The van der Waals surface area contributed by atoms with E-state index >= 15 is 0 Å². The molecule has 0 unspecified atom stereocenters. The Morgan fingerprint density at radius 2 is 1.91 bits per heavy atom.